The molecule has 31 heavy (non-hydrogen) atoms. The molecule has 0 atom stereocenters. The van der Waals surface area contributed by atoms with Gasteiger partial charge < -0.3 is 20.1 Å². The summed E-state index contributed by atoms with van der Waals surface area (Å²) in [7, 11) is 1.49. The van der Waals surface area contributed by atoms with Crippen molar-refractivity contribution in [1.82, 2.24) is 10.6 Å². The Morgan fingerprint density at radius 3 is 2.55 bits per heavy atom. The molecule has 1 aliphatic heterocycles. The van der Waals surface area contributed by atoms with Gasteiger partial charge >= 0.3 is 0 Å². The maximum atomic E-state index is 12.8. The number of guanidine groups is 1. The highest BCUT2D eigenvalue weighted by molar-refractivity contribution is 7.92. The van der Waals surface area contributed by atoms with Gasteiger partial charge in [0.1, 0.15) is 0 Å². The van der Waals surface area contributed by atoms with Gasteiger partial charge in [-0.2, -0.15) is 0 Å². The third-order valence-electron chi connectivity index (χ3n) is 5.21. The fourth-order valence-corrected chi connectivity index (χ4v) is 5.02. The lowest BCUT2D eigenvalue weighted by Gasteiger charge is -2.20. The van der Waals surface area contributed by atoms with Crippen LogP contribution in [0, 0.1) is 0 Å². The summed E-state index contributed by atoms with van der Waals surface area (Å²) in [6.45, 7) is 1.42. The van der Waals surface area contributed by atoms with E-state index >= 15 is 0 Å². The Kier molecular flexibility index (Phi) is 7.62. The summed E-state index contributed by atoms with van der Waals surface area (Å²) in [5, 5.41) is 6.30. The van der Waals surface area contributed by atoms with Crippen molar-refractivity contribution in [2.75, 3.05) is 51.0 Å². The largest absolute Gasteiger partial charge is 0.493 e. The molecule has 2 aromatic carbocycles. The van der Waals surface area contributed by atoms with Crippen molar-refractivity contribution in [2.24, 2.45) is 4.99 Å². The monoisotopic (exact) mass is 446 g/mol. The fourth-order valence-electron chi connectivity index (χ4n) is 3.59. The van der Waals surface area contributed by atoms with E-state index < -0.39 is 10.0 Å². The molecule has 168 valence electrons. The lowest BCUT2D eigenvalue weighted by atomic mass is 10.1. The fraction of sp³-hybridized carbons (Fsp3) is 0.409. The molecule has 2 N–H and O–H groups in total. The third-order valence-corrected chi connectivity index (χ3v) is 6.98. The number of para-hydroxylation sites is 1. The minimum atomic E-state index is -3.39. The van der Waals surface area contributed by atoms with E-state index in [9.17, 15) is 8.42 Å². The van der Waals surface area contributed by atoms with E-state index in [1.165, 1.54) is 4.31 Å². The number of hydrogen-bond donors (Lipinski definition) is 2. The van der Waals surface area contributed by atoms with Crippen LogP contribution in [0.3, 0.4) is 0 Å². The van der Waals surface area contributed by atoms with Crippen LogP contribution < -0.4 is 24.4 Å². The number of methoxy groups -OCH3 is 2. The summed E-state index contributed by atoms with van der Waals surface area (Å²) in [6, 6.07) is 13.5. The van der Waals surface area contributed by atoms with Crippen molar-refractivity contribution in [3.63, 3.8) is 0 Å². The van der Waals surface area contributed by atoms with E-state index in [0.29, 0.717) is 30.5 Å². The molecule has 3 rings (SSSR count). The maximum absolute atomic E-state index is 12.8. The summed E-state index contributed by atoms with van der Waals surface area (Å²) in [5.41, 5.74) is 2.96. The Hall–Kier alpha value is -2.94. The van der Waals surface area contributed by atoms with Crippen molar-refractivity contribution in [3.05, 3.63) is 53.6 Å². The van der Waals surface area contributed by atoms with Gasteiger partial charge in [-0.25, -0.2) is 8.42 Å². The van der Waals surface area contributed by atoms with Crippen LogP contribution in [0.1, 0.15) is 11.1 Å². The SMILES string of the molecule is CN=C(NCCc1ccc(OC)c(OC)c1)NCCS(=O)(=O)N1CCc2ccccc21. The van der Waals surface area contributed by atoms with Gasteiger partial charge in [-0.05, 0) is 42.2 Å². The molecule has 0 amide bonds. The van der Waals surface area contributed by atoms with Gasteiger partial charge in [-0.15, -0.1) is 0 Å². The predicted molar refractivity (Wildman–Crippen MR) is 124 cm³/mol. The highest BCUT2D eigenvalue weighted by Gasteiger charge is 2.28. The second-order valence-corrected chi connectivity index (χ2v) is 9.14. The van der Waals surface area contributed by atoms with Crippen molar-refractivity contribution < 1.29 is 17.9 Å². The summed E-state index contributed by atoms with van der Waals surface area (Å²) >= 11 is 0. The van der Waals surface area contributed by atoms with Crippen LogP contribution in [0.2, 0.25) is 0 Å². The second kappa shape index (κ2) is 10.4. The van der Waals surface area contributed by atoms with Gasteiger partial charge in [-0.1, -0.05) is 24.3 Å². The van der Waals surface area contributed by atoms with E-state index in [4.69, 9.17) is 9.47 Å². The second-order valence-electron chi connectivity index (χ2n) is 7.13. The Balaban J connectivity index is 1.47. The normalized spacial score (nSPS) is 13.6. The molecule has 0 radical (unpaired) electrons. The minimum absolute atomic E-state index is 0.00227. The number of benzene rings is 2. The molecule has 1 heterocycles. The number of anilines is 1. The van der Waals surface area contributed by atoms with Gasteiger partial charge in [0.15, 0.2) is 17.5 Å². The number of aliphatic imine (C=N–C) groups is 1. The van der Waals surface area contributed by atoms with E-state index in [1.54, 1.807) is 21.3 Å². The predicted octanol–water partition coefficient (Wildman–Crippen LogP) is 1.80. The van der Waals surface area contributed by atoms with E-state index in [2.05, 4.69) is 15.6 Å². The molecule has 0 fully saturated rings. The summed E-state index contributed by atoms with van der Waals surface area (Å²) in [5.74, 6) is 1.95. The zero-order valence-electron chi connectivity index (χ0n) is 18.2. The van der Waals surface area contributed by atoms with Crippen LogP contribution in [-0.2, 0) is 22.9 Å². The highest BCUT2D eigenvalue weighted by atomic mass is 32.2. The van der Waals surface area contributed by atoms with Gasteiger partial charge in [-0.3, -0.25) is 9.30 Å². The summed E-state index contributed by atoms with van der Waals surface area (Å²) in [4.78, 5) is 4.17. The Morgan fingerprint density at radius 2 is 1.81 bits per heavy atom. The molecule has 1 aliphatic rings. The molecule has 0 bridgehead atoms. The van der Waals surface area contributed by atoms with Crippen LogP contribution >= 0.6 is 0 Å². The first kappa shape index (κ1) is 22.7. The number of sulfonamides is 1. The quantitative estimate of drug-likeness (QED) is 0.451. The van der Waals surface area contributed by atoms with E-state index in [-0.39, 0.29) is 12.3 Å². The molecule has 0 aromatic heterocycles. The first-order valence-corrected chi connectivity index (χ1v) is 11.8. The first-order valence-electron chi connectivity index (χ1n) is 10.2. The molecule has 8 nitrogen and oxygen atoms in total. The molecule has 0 saturated heterocycles. The summed E-state index contributed by atoms with van der Waals surface area (Å²) in [6.07, 6.45) is 1.51. The van der Waals surface area contributed by atoms with Gasteiger partial charge in [0.2, 0.25) is 10.0 Å². The number of ether oxygens (including phenoxy) is 2. The molecule has 0 unspecified atom stereocenters. The Morgan fingerprint density at radius 1 is 1.06 bits per heavy atom. The van der Waals surface area contributed by atoms with Crippen molar-refractivity contribution in [2.45, 2.75) is 12.8 Å². The summed E-state index contributed by atoms with van der Waals surface area (Å²) < 4.78 is 37.7. The molecular formula is C22H30N4O4S. The van der Waals surface area contributed by atoms with Crippen molar-refractivity contribution in [1.29, 1.82) is 0 Å². The molecule has 2 aromatic rings. The standard InChI is InChI=1S/C22H30N4O4S/c1-23-22(24-12-10-17-8-9-20(29-2)21(16-17)30-3)25-13-15-31(27,28)26-14-11-18-6-4-5-7-19(18)26/h4-9,16H,10-15H2,1-3H3,(H2,23,24,25). The van der Waals surface area contributed by atoms with Gasteiger partial charge in [0, 0.05) is 26.7 Å². The highest BCUT2D eigenvalue weighted by Crippen LogP contribution is 2.30. The number of nitrogens with zero attached hydrogens (tertiary/aromatic N) is 2. The van der Waals surface area contributed by atoms with Crippen LogP contribution in [0.5, 0.6) is 11.5 Å². The topological polar surface area (TPSA) is 92.3 Å². The van der Waals surface area contributed by atoms with Gasteiger partial charge in [0.25, 0.3) is 0 Å². The van der Waals surface area contributed by atoms with E-state index in [0.717, 1.165) is 29.7 Å². The lowest BCUT2D eigenvalue weighted by molar-refractivity contribution is 0.354. The van der Waals surface area contributed by atoms with Crippen molar-refractivity contribution in [3.8, 4) is 11.5 Å². The zero-order chi connectivity index (χ0) is 22.3. The molecule has 0 saturated carbocycles. The van der Waals surface area contributed by atoms with Crippen LogP contribution in [0.25, 0.3) is 0 Å². The number of fused-ring (bicyclic) bond motifs is 1. The van der Waals surface area contributed by atoms with Crippen molar-refractivity contribution >= 4 is 21.7 Å². The van der Waals surface area contributed by atoms with Crippen LogP contribution in [0.4, 0.5) is 5.69 Å². The molecular weight excluding hydrogens is 416 g/mol. The molecule has 0 aliphatic carbocycles. The zero-order valence-corrected chi connectivity index (χ0v) is 19.0. The Bertz CT molecular complexity index is 1020. The average molecular weight is 447 g/mol. The van der Waals surface area contributed by atoms with E-state index in [1.807, 2.05) is 42.5 Å². The average Bonchev–Trinajstić information content (AvgIpc) is 3.23. The molecule has 0 spiro atoms. The van der Waals surface area contributed by atoms with Crippen LogP contribution in [0.15, 0.2) is 47.5 Å². The number of hydrogen-bond acceptors (Lipinski definition) is 5. The van der Waals surface area contributed by atoms with Crippen LogP contribution in [-0.4, -0.2) is 61.0 Å². The Labute approximate surface area is 184 Å². The maximum Gasteiger partial charge on any atom is 0.236 e. The lowest BCUT2D eigenvalue weighted by Crippen LogP contribution is -2.42. The third kappa shape index (κ3) is 5.61. The smallest absolute Gasteiger partial charge is 0.236 e. The number of rotatable bonds is 9. The molecule has 9 heteroatoms. The van der Waals surface area contributed by atoms with Gasteiger partial charge in [0.05, 0.1) is 25.7 Å². The minimum Gasteiger partial charge on any atom is -0.493 e. The number of nitrogens with one attached hydrogen (secondary N) is 2. The first-order chi connectivity index (χ1) is 15.0.